The van der Waals surface area contributed by atoms with Crippen molar-refractivity contribution in [3.05, 3.63) is 59.2 Å². The molecule has 1 atom stereocenters. The van der Waals surface area contributed by atoms with Crippen molar-refractivity contribution < 1.29 is 9.53 Å². The number of aliphatic imine (C=N–C) groups is 1. The zero-order valence-electron chi connectivity index (χ0n) is 15.9. The highest BCUT2D eigenvalue weighted by Gasteiger charge is 2.30. The predicted molar refractivity (Wildman–Crippen MR) is 108 cm³/mol. The first-order valence-corrected chi connectivity index (χ1v) is 9.55. The van der Waals surface area contributed by atoms with Crippen LogP contribution in [0.2, 0.25) is 0 Å². The lowest BCUT2D eigenvalue weighted by molar-refractivity contribution is -0.128. The van der Waals surface area contributed by atoms with Crippen molar-refractivity contribution in [2.75, 3.05) is 25.5 Å². The van der Waals surface area contributed by atoms with E-state index in [0.717, 1.165) is 29.8 Å². The molecule has 140 valence electrons. The molecule has 0 saturated carbocycles. The van der Waals surface area contributed by atoms with Gasteiger partial charge in [0.1, 0.15) is 5.75 Å². The predicted octanol–water partition coefficient (Wildman–Crippen LogP) is 3.60. The average Bonchev–Trinajstić information content (AvgIpc) is 3.36. The number of amides is 1. The number of carbonyl (C=O) groups excluding carboxylic acids is 1. The molecule has 5 nitrogen and oxygen atoms in total. The Labute approximate surface area is 160 Å². The topological polar surface area (TPSA) is 53.9 Å². The molecule has 0 radical (unpaired) electrons. The van der Waals surface area contributed by atoms with Crippen LogP contribution in [-0.4, -0.2) is 37.0 Å². The molecular weight excluding hydrogens is 338 g/mol. The van der Waals surface area contributed by atoms with Crippen LogP contribution in [0.3, 0.4) is 0 Å². The van der Waals surface area contributed by atoms with Crippen LogP contribution in [0.1, 0.15) is 36.0 Å². The van der Waals surface area contributed by atoms with E-state index in [1.54, 1.807) is 12.0 Å². The van der Waals surface area contributed by atoms with Crippen LogP contribution in [0, 0.1) is 0 Å². The summed E-state index contributed by atoms with van der Waals surface area (Å²) in [7, 11) is 1.64. The summed E-state index contributed by atoms with van der Waals surface area (Å²) in [5.74, 6) is 1.13. The Balaban J connectivity index is 1.55. The molecule has 1 N–H and O–H groups in total. The van der Waals surface area contributed by atoms with Crippen LogP contribution in [-0.2, 0) is 17.6 Å². The number of fused-ring (bicyclic) bond motifs is 1. The maximum Gasteiger partial charge on any atom is 0.236 e. The summed E-state index contributed by atoms with van der Waals surface area (Å²) in [5.41, 5.74) is 4.74. The van der Waals surface area contributed by atoms with Crippen LogP contribution in [0.15, 0.2) is 47.5 Å². The van der Waals surface area contributed by atoms with E-state index in [0.29, 0.717) is 19.0 Å². The van der Waals surface area contributed by atoms with Gasteiger partial charge in [-0.25, -0.2) is 0 Å². The standard InChI is InChI=1S/C22H25N3O2/c1-15(17-9-3-4-12-20(17)27-2)21(26)25-14-13-23-22(25)24-19-11-6-8-16-7-5-10-18(16)19/h3-4,6,8-9,11-12,15H,5,7,10,13-14H2,1-2H3,(H,23,24). The number of nitrogens with zero attached hydrogens (tertiary/aromatic N) is 2. The van der Waals surface area contributed by atoms with Crippen LogP contribution in [0.5, 0.6) is 5.75 Å². The molecule has 0 saturated heterocycles. The molecule has 0 spiro atoms. The number of para-hydroxylation sites is 1. The van der Waals surface area contributed by atoms with Gasteiger partial charge in [-0.15, -0.1) is 0 Å². The number of methoxy groups -OCH3 is 1. The van der Waals surface area contributed by atoms with Gasteiger partial charge in [0, 0.05) is 17.8 Å². The van der Waals surface area contributed by atoms with E-state index in [4.69, 9.17) is 4.74 Å². The number of carbonyl (C=O) groups is 1. The highest BCUT2D eigenvalue weighted by atomic mass is 16.5. The van der Waals surface area contributed by atoms with Crippen LogP contribution in [0.25, 0.3) is 0 Å². The first-order valence-electron chi connectivity index (χ1n) is 9.55. The van der Waals surface area contributed by atoms with Gasteiger partial charge in [0.25, 0.3) is 0 Å². The van der Waals surface area contributed by atoms with Crippen LogP contribution in [0.4, 0.5) is 5.69 Å². The van der Waals surface area contributed by atoms with Gasteiger partial charge in [-0.1, -0.05) is 30.3 Å². The molecule has 1 unspecified atom stereocenters. The molecule has 0 bridgehead atoms. The van der Waals surface area contributed by atoms with Gasteiger partial charge in [0.05, 0.1) is 19.6 Å². The van der Waals surface area contributed by atoms with Gasteiger partial charge >= 0.3 is 0 Å². The van der Waals surface area contributed by atoms with E-state index in [1.165, 1.54) is 17.5 Å². The lowest BCUT2D eigenvalue weighted by Crippen LogP contribution is -2.40. The molecule has 1 heterocycles. The van der Waals surface area contributed by atoms with Crippen molar-refractivity contribution in [3.63, 3.8) is 0 Å². The van der Waals surface area contributed by atoms with Gasteiger partial charge < -0.3 is 10.1 Å². The van der Waals surface area contributed by atoms with Gasteiger partial charge in [-0.3, -0.25) is 14.7 Å². The Morgan fingerprint density at radius 2 is 2.04 bits per heavy atom. The number of hydrogen-bond acceptors (Lipinski definition) is 4. The highest BCUT2D eigenvalue weighted by Crippen LogP contribution is 2.31. The van der Waals surface area contributed by atoms with Gasteiger partial charge in [0.2, 0.25) is 11.9 Å². The number of aryl methyl sites for hydroxylation is 1. The second-order valence-corrected chi connectivity index (χ2v) is 7.08. The normalized spacial score (nSPS) is 16.7. The Bertz CT molecular complexity index is 891. The minimum atomic E-state index is -0.298. The Hall–Kier alpha value is -2.82. The smallest absolute Gasteiger partial charge is 0.236 e. The second-order valence-electron chi connectivity index (χ2n) is 7.08. The summed E-state index contributed by atoms with van der Waals surface area (Å²) in [4.78, 5) is 19.5. The number of hydrogen-bond donors (Lipinski definition) is 1. The summed E-state index contributed by atoms with van der Waals surface area (Å²) in [6.45, 7) is 3.16. The average molecular weight is 363 g/mol. The van der Waals surface area contributed by atoms with E-state index in [9.17, 15) is 4.79 Å². The first-order chi connectivity index (χ1) is 13.2. The SMILES string of the molecule is COc1ccccc1C(C)C(=O)N1CCN=C1Nc1cccc2c1CCC2. The molecule has 1 aliphatic carbocycles. The highest BCUT2D eigenvalue weighted by molar-refractivity contribution is 6.07. The van der Waals surface area contributed by atoms with E-state index in [-0.39, 0.29) is 11.8 Å². The zero-order chi connectivity index (χ0) is 18.8. The van der Waals surface area contributed by atoms with Crippen molar-refractivity contribution >= 4 is 17.6 Å². The third-order valence-corrected chi connectivity index (χ3v) is 5.48. The second kappa shape index (κ2) is 7.43. The molecule has 0 aromatic heterocycles. The molecule has 2 aromatic rings. The fraction of sp³-hybridized carbons (Fsp3) is 0.364. The van der Waals surface area contributed by atoms with E-state index in [1.807, 2.05) is 31.2 Å². The minimum absolute atomic E-state index is 0.0378. The lowest BCUT2D eigenvalue weighted by Gasteiger charge is -2.24. The Morgan fingerprint density at radius 1 is 1.19 bits per heavy atom. The number of ether oxygens (including phenoxy) is 1. The Kier molecular flexibility index (Phi) is 4.84. The summed E-state index contributed by atoms with van der Waals surface area (Å²) in [6.07, 6.45) is 3.40. The number of nitrogens with one attached hydrogen (secondary N) is 1. The van der Waals surface area contributed by atoms with Crippen molar-refractivity contribution in [2.45, 2.75) is 32.1 Å². The van der Waals surface area contributed by atoms with Crippen molar-refractivity contribution in [2.24, 2.45) is 4.99 Å². The monoisotopic (exact) mass is 363 g/mol. The lowest BCUT2D eigenvalue weighted by atomic mass is 9.98. The van der Waals surface area contributed by atoms with Crippen molar-refractivity contribution in [3.8, 4) is 5.75 Å². The van der Waals surface area contributed by atoms with Gasteiger partial charge in [0.15, 0.2) is 0 Å². The van der Waals surface area contributed by atoms with E-state index < -0.39 is 0 Å². The zero-order valence-corrected chi connectivity index (χ0v) is 15.9. The summed E-state index contributed by atoms with van der Waals surface area (Å²) < 4.78 is 5.44. The largest absolute Gasteiger partial charge is 0.496 e. The number of guanidine groups is 1. The maximum atomic E-state index is 13.2. The van der Waals surface area contributed by atoms with Gasteiger partial charge in [-0.05, 0) is 49.4 Å². The van der Waals surface area contributed by atoms with E-state index >= 15 is 0 Å². The fourth-order valence-corrected chi connectivity index (χ4v) is 4.02. The summed E-state index contributed by atoms with van der Waals surface area (Å²) >= 11 is 0. The van der Waals surface area contributed by atoms with Crippen molar-refractivity contribution in [1.29, 1.82) is 0 Å². The third kappa shape index (κ3) is 3.29. The molecule has 1 amide bonds. The van der Waals surface area contributed by atoms with Crippen molar-refractivity contribution in [1.82, 2.24) is 4.90 Å². The maximum absolute atomic E-state index is 13.2. The van der Waals surface area contributed by atoms with Crippen LogP contribution < -0.4 is 10.1 Å². The molecule has 1 aliphatic heterocycles. The molecule has 2 aliphatic rings. The van der Waals surface area contributed by atoms with Gasteiger partial charge in [-0.2, -0.15) is 0 Å². The van der Waals surface area contributed by atoms with E-state index in [2.05, 4.69) is 28.5 Å². The Morgan fingerprint density at radius 3 is 2.89 bits per heavy atom. The molecule has 2 aromatic carbocycles. The number of anilines is 1. The molecular formula is C22H25N3O2. The molecule has 27 heavy (non-hydrogen) atoms. The number of benzene rings is 2. The molecule has 5 heteroatoms. The third-order valence-electron chi connectivity index (χ3n) is 5.48. The molecule has 0 fully saturated rings. The molecule has 4 rings (SSSR count). The summed E-state index contributed by atoms with van der Waals surface area (Å²) in [6, 6.07) is 14.0. The first kappa shape index (κ1) is 17.6. The number of rotatable bonds is 4. The van der Waals surface area contributed by atoms with Crippen LogP contribution >= 0.6 is 0 Å². The minimum Gasteiger partial charge on any atom is -0.496 e. The quantitative estimate of drug-likeness (QED) is 0.903. The fourth-order valence-electron chi connectivity index (χ4n) is 4.02. The summed E-state index contributed by atoms with van der Waals surface area (Å²) in [5, 5.41) is 3.43.